The minimum Gasteiger partial charge on any atom is -0.465 e. The number of carbonyl (C=O) groups is 2. The summed E-state index contributed by atoms with van der Waals surface area (Å²) in [5, 5.41) is 4.61. The number of alkyl halides is 2. The van der Waals surface area contributed by atoms with E-state index >= 15 is 0 Å². The lowest BCUT2D eigenvalue weighted by Gasteiger charge is -2.07. The highest BCUT2D eigenvalue weighted by molar-refractivity contribution is 5.91. The van der Waals surface area contributed by atoms with Crippen LogP contribution in [-0.4, -0.2) is 31.4 Å². The smallest absolute Gasteiger partial charge is 0.465 e. The molecule has 0 saturated carbocycles. The van der Waals surface area contributed by atoms with Gasteiger partial charge >= 0.3 is 18.3 Å². The van der Waals surface area contributed by atoms with Crippen molar-refractivity contribution in [3.63, 3.8) is 0 Å². The highest BCUT2D eigenvalue weighted by Crippen LogP contribution is 2.42. The van der Waals surface area contributed by atoms with Gasteiger partial charge in [0.2, 0.25) is 0 Å². The number of carbonyl (C=O) groups excluding carboxylic acids is 2. The van der Waals surface area contributed by atoms with E-state index in [-0.39, 0.29) is 30.3 Å². The highest BCUT2D eigenvalue weighted by Gasteiger charge is 2.43. The molecule has 1 heterocycles. The summed E-state index contributed by atoms with van der Waals surface area (Å²) in [5.41, 5.74) is 0.205. The Labute approximate surface area is 118 Å². The van der Waals surface area contributed by atoms with Crippen molar-refractivity contribution in [1.82, 2.24) is 5.32 Å². The van der Waals surface area contributed by atoms with E-state index in [4.69, 9.17) is 0 Å². The summed E-state index contributed by atoms with van der Waals surface area (Å²) >= 11 is 0. The van der Waals surface area contributed by atoms with Crippen LogP contribution in [0.1, 0.15) is 6.92 Å². The first kappa shape index (κ1) is 14.8. The van der Waals surface area contributed by atoms with E-state index in [0.717, 1.165) is 0 Å². The molecule has 9 heteroatoms. The number of benzene rings is 1. The van der Waals surface area contributed by atoms with Gasteiger partial charge in [-0.1, -0.05) is 0 Å². The molecule has 0 unspecified atom stereocenters. The van der Waals surface area contributed by atoms with Crippen LogP contribution in [0.2, 0.25) is 0 Å². The Morgan fingerprint density at radius 1 is 1.29 bits per heavy atom. The van der Waals surface area contributed by atoms with Crippen LogP contribution in [0.3, 0.4) is 0 Å². The third kappa shape index (κ3) is 3.94. The maximum Gasteiger partial charge on any atom is 0.586 e. The summed E-state index contributed by atoms with van der Waals surface area (Å²) in [6.07, 6.45) is -3.72. The van der Waals surface area contributed by atoms with Gasteiger partial charge in [-0.2, -0.15) is 0 Å². The molecule has 7 nitrogen and oxygen atoms in total. The lowest BCUT2D eigenvalue weighted by Crippen LogP contribution is -2.34. The van der Waals surface area contributed by atoms with Crippen molar-refractivity contribution in [1.29, 1.82) is 0 Å². The number of anilines is 1. The van der Waals surface area contributed by atoms with Crippen molar-refractivity contribution >= 4 is 17.7 Å². The molecule has 2 amide bonds. The van der Waals surface area contributed by atoms with E-state index in [1.54, 1.807) is 6.92 Å². The zero-order chi connectivity index (χ0) is 15.5. The van der Waals surface area contributed by atoms with Crippen molar-refractivity contribution in [3.05, 3.63) is 18.2 Å². The summed E-state index contributed by atoms with van der Waals surface area (Å²) in [7, 11) is 0. The zero-order valence-corrected chi connectivity index (χ0v) is 10.9. The lowest BCUT2D eigenvalue weighted by atomic mass is 10.3. The van der Waals surface area contributed by atoms with Crippen LogP contribution in [0.4, 0.5) is 19.3 Å². The molecule has 0 aliphatic carbocycles. The van der Waals surface area contributed by atoms with Crippen LogP contribution >= 0.6 is 0 Å². The van der Waals surface area contributed by atoms with E-state index in [1.807, 2.05) is 0 Å². The van der Waals surface area contributed by atoms with E-state index < -0.39 is 18.3 Å². The van der Waals surface area contributed by atoms with Gasteiger partial charge in [0.05, 0.1) is 6.61 Å². The van der Waals surface area contributed by atoms with Crippen LogP contribution in [-0.2, 0) is 9.53 Å². The van der Waals surface area contributed by atoms with Gasteiger partial charge < -0.3 is 24.8 Å². The van der Waals surface area contributed by atoms with E-state index in [2.05, 4.69) is 24.8 Å². The maximum atomic E-state index is 12.8. The number of nitrogens with one attached hydrogen (secondary N) is 2. The molecule has 1 aromatic carbocycles. The van der Waals surface area contributed by atoms with Crippen molar-refractivity contribution in [3.8, 4) is 11.5 Å². The summed E-state index contributed by atoms with van der Waals surface area (Å²) in [5.74, 6) is -0.904. The molecule has 0 fully saturated rings. The number of hydrogen-bond donors (Lipinski definition) is 2. The fraction of sp³-hybridized carbons (Fsp3) is 0.333. The molecule has 0 atom stereocenters. The summed E-state index contributed by atoms with van der Waals surface area (Å²) in [4.78, 5) is 22.5. The standard InChI is InChI=1S/C12H12F2N2O5/c1-2-19-10(17)6-15-11(18)16-7-3-4-8-9(5-7)21-12(13,14)20-8/h3-5H,2,6H2,1H3,(H2,15,16,18). The van der Waals surface area contributed by atoms with Crippen LogP contribution in [0.15, 0.2) is 18.2 Å². The molecular formula is C12H12F2N2O5. The zero-order valence-electron chi connectivity index (χ0n) is 10.9. The van der Waals surface area contributed by atoms with Crippen molar-refractivity contribution in [2.75, 3.05) is 18.5 Å². The first-order chi connectivity index (χ1) is 9.89. The molecule has 1 aromatic rings. The number of fused-ring (bicyclic) bond motifs is 1. The van der Waals surface area contributed by atoms with Crippen LogP contribution in [0, 0.1) is 0 Å². The summed E-state index contributed by atoms with van der Waals surface area (Å²) in [6.45, 7) is 1.54. The predicted octanol–water partition coefficient (Wildman–Crippen LogP) is 1.69. The molecule has 2 rings (SSSR count). The molecule has 21 heavy (non-hydrogen) atoms. The molecule has 114 valence electrons. The summed E-state index contributed by atoms with van der Waals surface area (Å²) < 4.78 is 38.7. The molecule has 1 aliphatic heterocycles. The Morgan fingerprint density at radius 2 is 2.00 bits per heavy atom. The average molecular weight is 302 g/mol. The van der Waals surface area contributed by atoms with Gasteiger partial charge in [0.15, 0.2) is 11.5 Å². The van der Waals surface area contributed by atoms with Crippen LogP contribution < -0.4 is 20.1 Å². The molecular weight excluding hydrogens is 290 g/mol. The van der Waals surface area contributed by atoms with Gasteiger partial charge in [0.25, 0.3) is 0 Å². The number of halogens is 2. The van der Waals surface area contributed by atoms with Gasteiger partial charge in [0.1, 0.15) is 6.54 Å². The van der Waals surface area contributed by atoms with Gasteiger partial charge in [0, 0.05) is 11.8 Å². The Kier molecular flexibility index (Phi) is 4.10. The first-order valence-corrected chi connectivity index (χ1v) is 6.00. The lowest BCUT2D eigenvalue weighted by molar-refractivity contribution is -0.286. The second-order valence-electron chi connectivity index (χ2n) is 3.94. The molecule has 0 radical (unpaired) electrons. The highest BCUT2D eigenvalue weighted by atomic mass is 19.3. The van der Waals surface area contributed by atoms with Crippen LogP contribution in [0.5, 0.6) is 11.5 Å². The fourth-order valence-electron chi connectivity index (χ4n) is 1.57. The fourth-order valence-corrected chi connectivity index (χ4v) is 1.57. The molecule has 0 saturated heterocycles. The predicted molar refractivity (Wildman–Crippen MR) is 66.3 cm³/mol. The van der Waals surface area contributed by atoms with E-state index in [1.165, 1.54) is 18.2 Å². The Bertz CT molecular complexity index is 565. The minimum absolute atomic E-state index is 0.127. The van der Waals surface area contributed by atoms with Crippen LogP contribution in [0.25, 0.3) is 0 Å². The first-order valence-electron chi connectivity index (χ1n) is 6.00. The van der Waals surface area contributed by atoms with Crippen molar-refractivity contribution in [2.24, 2.45) is 0 Å². The van der Waals surface area contributed by atoms with Gasteiger partial charge in [-0.3, -0.25) is 4.79 Å². The van der Waals surface area contributed by atoms with Gasteiger partial charge in [-0.05, 0) is 19.1 Å². The van der Waals surface area contributed by atoms with Gasteiger partial charge in [-0.15, -0.1) is 8.78 Å². The topological polar surface area (TPSA) is 85.9 Å². The normalized spacial score (nSPS) is 14.4. The third-order valence-electron chi connectivity index (χ3n) is 2.36. The van der Waals surface area contributed by atoms with Crippen molar-refractivity contribution < 1.29 is 32.6 Å². The quantitative estimate of drug-likeness (QED) is 0.827. The number of ether oxygens (including phenoxy) is 3. The second kappa shape index (κ2) is 5.81. The number of urea groups is 1. The Balaban J connectivity index is 1.90. The third-order valence-corrected chi connectivity index (χ3v) is 2.36. The average Bonchev–Trinajstić information content (AvgIpc) is 2.70. The second-order valence-corrected chi connectivity index (χ2v) is 3.94. The number of rotatable bonds is 4. The SMILES string of the molecule is CCOC(=O)CNC(=O)Nc1ccc2c(c1)OC(F)(F)O2. The van der Waals surface area contributed by atoms with Gasteiger partial charge in [-0.25, -0.2) is 4.79 Å². The number of hydrogen-bond acceptors (Lipinski definition) is 5. The molecule has 0 aromatic heterocycles. The van der Waals surface area contributed by atoms with E-state index in [0.29, 0.717) is 0 Å². The maximum absolute atomic E-state index is 12.8. The number of amides is 2. The molecule has 0 spiro atoms. The monoisotopic (exact) mass is 302 g/mol. The molecule has 1 aliphatic rings. The summed E-state index contributed by atoms with van der Waals surface area (Å²) in [6, 6.07) is 3.08. The minimum atomic E-state index is -3.72. The molecule has 2 N–H and O–H groups in total. The molecule has 0 bridgehead atoms. The van der Waals surface area contributed by atoms with E-state index in [9.17, 15) is 18.4 Å². The number of esters is 1. The largest absolute Gasteiger partial charge is 0.586 e. The Hall–Kier alpha value is -2.58. The Morgan fingerprint density at radius 3 is 2.71 bits per heavy atom. The van der Waals surface area contributed by atoms with Crippen molar-refractivity contribution in [2.45, 2.75) is 13.2 Å².